The number of likely N-dealkylation sites (N-methyl/N-ethyl adjacent to an activating group) is 1. The highest BCUT2D eigenvalue weighted by Gasteiger charge is 2.29. The van der Waals surface area contributed by atoms with Crippen molar-refractivity contribution < 1.29 is 9.53 Å². The predicted octanol–water partition coefficient (Wildman–Crippen LogP) is 4.91. The van der Waals surface area contributed by atoms with Gasteiger partial charge in [-0.25, -0.2) is 0 Å². The Morgan fingerprint density at radius 3 is 2.38 bits per heavy atom. The van der Waals surface area contributed by atoms with E-state index in [0.29, 0.717) is 5.56 Å². The molecule has 32 heavy (non-hydrogen) atoms. The molecular weight excluding hydrogens is 418 g/mol. The van der Waals surface area contributed by atoms with E-state index in [9.17, 15) is 4.79 Å². The highest BCUT2D eigenvalue weighted by atomic mass is 32.1. The van der Waals surface area contributed by atoms with Crippen LogP contribution < -0.4 is 10.1 Å². The number of benzene rings is 2. The zero-order valence-electron chi connectivity index (χ0n) is 19.0. The van der Waals surface area contributed by atoms with Crippen LogP contribution in [-0.4, -0.2) is 56.0 Å². The van der Waals surface area contributed by atoms with Gasteiger partial charge in [-0.15, -0.1) is 11.3 Å². The summed E-state index contributed by atoms with van der Waals surface area (Å²) in [5, 5.41) is 4.16. The van der Waals surface area contributed by atoms with Crippen molar-refractivity contribution in [1.82, 2.24) is 9.80 Å². The number of carbonyl (C=O) groups is 1. The number of anilines is 1. The maximum absolute atomic E-state index is 13.0. The van der Waals surface area contributed by atoms with Gasteiger partial charge in [0.05, 0.1) is 13.2 Å². The Morgan fingerprint density at radius 1 is 1.06 bits per heavy atom. The molecule has 1 aromatic heterocycles. The topological polar surface area (TPSA) is 44.8 Å². The number of hydrogen-bond acceptors (Lipinski definition) is 5. The molecule has 1 saturated heterocycles. The maximum atomic E-state index is 13.0. The summed E-state index contributed by atoms with van der Waals surface area (Å²) in [6.07, 6.45) is 0.941. The summed E-state index contributed by atoms with van der Waals surface area (Å²) < 4.78 is 5.39. The van der Waals surface area contributed by atoms with Crippen molar-refractivity contribution in [3.8, 4) is 5.75 Å². The van der Waals surface area contributed by atoms with Gasteiger partial charge in [0.15, 0.2) is 0 Å². The highest BCUT2D eigenvalue weighted by molar-refractivity contribution is 7.16. The van der Waals surface area contributed by atoms with Crippen LogP contribution in [0.3, 0.4) is 0 Å². The zero-order valence-corrected chi connectivity index (χ0v) is 19.8. The summed E-state index contributed by atoms with van der Waals surface area (Å²) in [5.74, 6) is 0.784. The molecule has 2 aromatic carbocycles. The lowest BCUT2D eigenvalue weighted by molar-refractivity contribution is 0.102. The number of ether oxygens (including phenoxy) is 1. The Morgan fingerprint density at radius 2 is 1.75 bits per heavy atom. The Bertz CT molecular complexity index is 1020. The molecule has 1 aliphatic heterocycles. The van der Waals surface area contributed by atoms with Crippen LogP contribution in [0.15, 0.2) is 60.7 Å². The second-order valence-corrected chi connectivity index (χ2v) is 9.32. The van der Waals surface area contributed by atoms with E-state index in [4.69, 9.17) is 4.74 Å². The summed E-state index contributed by atoms with van der Waals surface area (Å²) in [6, 6.07) is 20.1. The molecular formula is C26H31N3O2S. The van der Waals surface area contributed by atoms with Crippen LogP contribution in [0.1, 0.15) is 39.3 Å². The SMILES string of the molecule is CCc1cc(C(c2ccc(OC)cc2)N2CCN(C)CC2)c(NC(=O)c2ccccc2)s1. The van der Waals surface area contributed by atoms with Crippen LogP contribution in [0.25, 0.3) is 0 Å². The molecule has 168 valence electrons. The molecule has 0 spiro atoms. The van der Waals surface area contributed by atoms with Crippen molar-refractivity contribution in [1.29, 1.82) is 0 Å². The predicted molar refractivity (Wildman–Crippen MR) is 132 cm³/mol. The molecule has 0 radical (unpaired) electrons. The fourth-order valence-electron chi connectivity index (χ4n) is 4.15. The van der Waals surface area contributed by atoms with Crippen LogP contribution in [0.2, 0.25) is 0 Å². The molecule has 1 N–H and O–H groups in total. The number of hydrogen-bond donors (Lipinski definition) is 1. The van der Waals surface area contributed by atoms with Crippen LogP contribution in [0.5, 0.6) is 5.75 Å². The molecule has 1 atom stereocenters. The zero-order chi connectivity index (χ0) is 22.5. The third-order valence-electron chi connectivity index (χ3n) is 6.05. The van der Waals surface area contributed by atoms with Gasteiger partial charge in [0.2, 0.25) is 0 Å². The van der Waals surface area contributed by atoms with Gasteiger partial charge in [-0.1, -0.05) is 37.3 Å². The molecule has 2 heterocycles. The first kappa shape index (κ1) is 22.5. The van der Waals surface area contributed by atoms with Gasteiger partial charge in [-0.2, -0.15) is 0 Å². The van der Waals surface area contributed by atoms with E-state index in [-0.39, 0.29) is 11.9 Å². The van der Waals surface area contributed by atoms with Crippen molar-refractivity contribution >= 4 is 22.2 Å². The lowest BCUT2D eigenvalue weighted by atomic mass is 9.97. The number of piperazine rings is 1. The summed E-state index contributed by atoms with van der Waals surface area (Å²) in [6.45, 7) is 6.19. The monoisotopic (exact) mass is 449 g/mol. The molecule has 0 bridgehead atoms. The van der Waals surface area contributed by atoms with Gasteiger partial charge in [0, 0.05) is 42.2 Å². The minimum atomic E-state index is -0.0665. The molecule has 0 saturated carbocycles. The minimum absolute atomic E-state index is 0.0665. The van der Waals surface area contributed by atoms with Crippen LogP contribution in [0.4, 0.5) is 5.00 Å². The second-order valence-electron chi connectivity index (χ2n) is 8.19. The number of carbonyl (C=O) groups excluding carboxylic acids is 1. The number of thiophene rings is 1. The third kappa shape index (κ3) is 5.04. The minimum Gasteiger partial charge on any atom is -0.497 e. The fraction of sp³-hybridized carbons (Fsp3) is 0.346. The highest BCUT2D eigenvalue weighted by Crippen LogP contribution is 2.40. The van der Waals surface area contributed by atoms with Crippen LogP contribution in [0, 0.1) is 0 Å². The second kappa shape index (κ2) is 10.3. The molecule has 1 fully saturated rings. The van der Waals surface area contributed by atoms with Gasteiger partial charge >= 0.3 is 0 Å². The summed E-state index contributed by atoms with van der Waals surface area (Å²) in [7, 11) is 3.86. The maximum Gasteiger partial charge on any atom is 0.256 e. The lowest BCUT2D eigenvalue weighted by Gasteiger charge is -2.38. The molecule has 6 heteroatoms. The molecule has 5 nitrogen and oxygen atoms in total. The summed E-state index contributed by atoms with van der Waals surface area (Å²) in [5.41, 5.74) is 3.06. The van der Waals surface area contributed by atoms with Crippen molar-refractivity contribution in [2.75, 3.05) is 45.7 Å². The molecule has 1 aliphatic rings. The average Bonchev–Trinajstić information content (AvgIpc) is 3.23. The quantitative estimate of drug-likeness (QED) is 0.557. The average molecular weight is 450 g/mol. The molecule has 1 amide bonds. The van der Waals surface area contributed by atoms with Crippen molar-refractivity contribution in [2.45, 2.75) is 19.4 Å². The Labute approximate surface area is 194 Å². The standard InChI is InChI=1S/C26H31N3O2S/c1-4-22-18-23(26(32-22)27-25(30)20-8-6-5-7-9-20)24(29-16-14-28(2)15-17-29)19-10-12-21(31-3)13-11-19/h5-13,18,24H,4,14-17H2,1-3H3,(H,27,30). The smallest absolute Gasteiger partial charge is 0.256 e. The summed E-state index contributed by atoms with van der Waals surface area (Å²) in [4.78, 5) is 19.2. The Balaban J connectivity index is 1.72. The van der Waals surface area contributed by atoms with E-state index < -0.39 is 0 Å². The van der Waals surface area contributed by atoms with Crippen molar-refractivity contribution in [3.63, 3.8) is 0 Å². The van der Waals surface area contributed by atoms with Gasteiger partial charge in [0.1, 0.15) is 10.8 Å². The number of methoxy groups -OCH3 is 1. The van der Waals surface area contributed by atoms with E-state index in [1.807, 2.05) is 42.5 Å². The van der Waals surface area contributed by atoms with Crippen LogP contribution in [-0.2, 0) is 6.42 Å². The normalized spacial score (nSPS) is 16.0. The molecule has 3 aromatic rings. The number of nitrogens with one attached hydrogen (secondary N) is 1. The lowest BCUT2D eigenvalue weighted by Crippen LogP contribution is -2.46. The van der Waals surface area contributed by atoms with Gasteiger partial charge in [0.25, 0.3) is 5.91 Å². The van der Waals surface area contributed by atoms with Gasteiger partial charge < -0.3 is 15.0 Å². The van der Waals surface area contributed by atoms with Crippen molar-refractivity contribution in [2.24, 2.45) is 0 Å². The van der Waals surface area contributed by atoms with E-state index in [2.05, 4.69) is 47.3 Å². The number of nitrogens with zero attached hydrogens (tertiary/aromatic N) is 2. The Kier molecular flexibility index (Phi) is 7.25. The van der Waals surface area contributed by atoms with E-state index >= 15 is 0 Å². The molecule has 1 unspecified atom stereocenters. The number of aryl methyl sites for hydroxylation is 1. The van der Waals surface area contributed by atoms with Gasteiger partial charge in [-0.3, -0.25) is 9.69 Å². The number of rotatable bonds is 7. The summed E-state index contributed by atoms with van der Waals surface area (Å²) >= 11 is 1.68. The first-order valence-electron chi connectivity index (χ1n) is 11.1. The van der Waals surface area contributed by atoms with E-state index in [1.54, 1.807) is 18.4 Å². The molecule has 0 aliphatic carbocycles. The first-order valence-corrected chi connectivity index (χ1v) is 12.0. The number of amides is 1. The fourth-order valence-corrected chi connectivity index (χ4v) is 5.18. The third-order valence-corrected chi connectivity index (χ3v) is 7.26. The first-order chi connectivity index (χ1) is 15.6. The molecule has 4 rings (SSSR count). The van der Waals surface area contributed by atoms with Gasteiger partial charge in [-0.05, 0) is 49.4 Å². The Hall–Kier alpha value is -2.67. The largest absolute Gasteiger partial charge is 0.497 e. The van der Waals surface area contributed by atoms with E-state index in [1.165, 1.54) is 16.0 Å². The van der Waals surface area contributed by atoms with E-state index in [0.717, 1.165) is 43.4 Å². The van der Waals surface area contributed by atoms with Crippen LogP contribution >= 0.6 is 11.3 Å². The van der Waals surface area contributed by atoms with Crippen molar-refractivity contribution in [3.05, 3.63) is 82.2 Å².